The fourth-order valence-corrected chi connectivity index (χ4v) is 4.44. The van der Waals surface area contributed by atoms with Crippen molar-refractivity contribution >= 4 is 16.9 Å². The summed E-state index contributed by atoms with van der Waals surface area (Å²) in [5.41, 5.74) is 5.70. The number of hydrogen-bond acceptors (Lipinski definition) is 2. The van der Waals surface area contributed by atoms with Gasteiger partial charge in [0.1, 0.15) is 0 Å². The van der Waals surface area contributed by atoms with Gasteiger partial charge in [0.2, 0.25) is 0 Å². The molecular formula is C22H29N5O. The topological polar surface area (TPSA) is 55.1 Å². The lowest BCUT2D eigenvalue weighted by Crippen LogP contribution is -2.41. The highest BCUT2D eigenvalue weighted by Gasteiger charge is 2.25. The van der Waals surface area contributed by atoms with Gasteiger partial charge in [0.05, 0.1) is 18.3 Å². The van der Waals surface area contributed by atoms with Crippen LogP contribution in [0.15, 0.2) is 30.3 Å². The first kappa shape index (κ1) is 18.6. The average Bonchev–Trinajstić information content (AvgIpc) is 3.05. The molecule has 6 heteroatoms. The predicted octanol–water partition coefficient (Wildman–Crippen LogP) is 4.06. The smallest absolute Gasteiger partial charge is 0.318 e. The Morgan fingerprint density at radius 3 is 2.75 bits per heavy atom. The van der Waals surface area contributed by atoms with Crippen molar-refractivity contribution in [3.05, 3.63) is 53.0 Å². The number of carbonyl (C=O) groups excluding carboxylic acids is 1. The van der Waals surface area contributed by atoms with Gasteiger partial charge < -0.3 is 14.8 Å². The first-order chi connectivity index (χ1) is 13.5. The molecule has 0 spiro atoms. The van der Waals surface area contributed by atoms with E-state index >= 15 is 0 Å². The van der Waals surface area contributed by atoms with E-state index in [0.717, 1.165) is 42.9 Å². The maximum Gasteiger partial charge on any atom is 0.318 e. The van der Waals surface area contributed by atoms with Crippen LogP contribution in [0.5, 0.6) is 0 Å². The van der Waals surface area contributed by atoms with Gasteiger partial charge in [-0.15, -0.1) is 0 Å². The van der Waals surface area contributed by atoms with E-state index in [1.54, 1.807) is 0 Å². The molecule has 28 heavy (non-hydrogen) atoms. The second-order valence-corrected chi connectivity index (χ2v) is 7.74. The second kappa shape index (κ2) is 7.34. The molecule has 3 aromatic rings. The molecule has 1 aromatic carbocycles. The van der Waals surface area contributed by atoms with Gasteiger partial charge in [0.25, 0.3) is 0 Å². The summed E-state index contributed by atoms with van der Waals surface area (Å²) in [5, 5.41) is 9.02. The normalized spacial score (nSPS) is 15.4. The van der Waals surface area contributed by atoms with Gasteiger partial charge in [-0.3, -0.25) is 4.68 Å². The third-order valence-electron chi connectivity index (χ3n) is 5.97. The molecule has 148 valence electrons. The third-order valence-corrected chi connectivity index (χ3v) is 5.97. The van der Waals surface area contributed by atoms with E-state index in [1.165, 1.54) is 16.6 Å². The van der Waals surface area contributed by atoms with Crippen LogP contribution in [-0.2, 0) is 20.1 Å². The summed E-state index contributed by atoms with van der Waals surface area (Å²) < 4.78 is 4.25. The van der Waals surface area contributed by atoms with Crippen molar-refractivity contribution in [1.29, 1.82) is 0 Å². The molecule has 1 unspecified atom stereocenters. The number of carbonyl (C=O) groups is 1. The molecule has 1 N–H and O–H groups in total. The average molecular weight is 380 g/mol. The van der Waals surface area contributed by atoms with Crippen LogP contribution < -0.4 is 5.32 Å². The van der Waals surface area contributed by atoms with E-state index < -0.39 is 0 Å². The largest absolute Gasteiger partial charge is 0.343 e. The number of hydrogen-bond donors (Lipinski definition) is 1. The third kappa shape index (κ3) is 3.17. The maximum absolute atomic E-state index is 13.1. The van der Waals surface area contributed by atoms with Gasteiger partial charge in [-0.25, -0.2) is 4.79 Å². The van der Waals surface area contributed by atoms with Crippen LogP contribution in [0.25, 0.3) is 10.9 Å². The van der Waals surface area contributed by atoms with Crippen molar-refractivity contribution in [3.8, 4) is 0 Å². The zero-order chi connectivity index (χ0) is 19.8. The fourth-order valence-electron chi connectivity index (χ4n) is 4.44. The number of rotatable bonds is 3. The van der Waals surface area contributed by atoms with Gasteiger partial charge in [-0.05, 0) is 44.2 Å². The number of nitrogens with zero attached hydrogens (tertiary/aromatic N) is 4. The maximum atomic E-state index is 13.1. The molecule has 6 nitrogen and oxygen atoms in total. The lowest BCUT2D eigenvalue weighted by molar-refractivity contribution is 0.191. The summed E-state index contributed by atoms with van der Waals surface area (Å²) in [4.78, 5) is 15.1. The molecule has 1 aliphatic heterocycles. The summed E-state index contributed by atoms with van der Waals surface area (Å²) in [6.07, 6.45) is 1.80. The first-order valence-corrected chi connectivity index (χ1v) is 10.1. The number of amides is 2. The van der Waals surface area contributed by atoms with Crippen LogP contribution in [-0.4, -0.2) is 31.8 Å². The highest BCUT2D eigenvalue weighted by Crippen LogP contribution is 2.26. The molecule has 0 radical (unpaired) electrons. The summed E-state index contributed by atoms with van der Waals surface area (Å²) in [5.74, 6) is 0. The minimum Gasteiger partial charge on any atom is -0.343 e. The first-order valence-electron chi connectivity index (χ1n) is 10.1. The van der Waals surface area contributed by atoms with Gasteiger partial charge in [0.15, 0.2) is 0 Å². The predicted molar refractivity (Wildman–Crippen MR) is 111 cm³/mol. The van der Waals surface area contributed by atoms with Crippen molar-refractivity contribution in [1.82, 2.24) is 24.6 Å². The lowest BCUT2D eigenvalue weighted by atomic mass is 10.0. The Morgan fingerprint density at radius 2 is 2.04 bits per heavy atom. The minimum absolute atomic E-state index is 0.00760. The number of aryl methyl sites for hydroxylation is 3. The van der Waals surface area contributed by atoms with E-state index in [0.29, 0.717) is 6.54 Å². The van der Waals surface area contributed by atoms with Crippen molar-refractivity contribution in [3.63, 3.8) is 0 Å². The van der Waals surface area contributed by atoms with E-state index in [2.05, 4.69) is 59.2 Å². The van der Waals surface area contributed by atoms with Gasteiger partial charge in [0, 0.05) is 42.6 Å². The molecule has 0 bridgehead atoms. The van der Waals surface area contributed by atoms with Crippen LogP contribution in [0.4, 0.5) is 4.79 Å². The van der Waals surface area contributed by atoms with Crippen LogP contribution >= 0.6 is 0 Å². The molecule has 3 heterocycles. The zero-order valence-electron chi connectivity index (χ0n) is 17.2. The zero-order valence-corrected chi connectivity index (χ0v) is 17.2. The summed E-state index contributed by atoms with van der Waals surface area (Å²) in [6, 6.07) is 10.7. The summed E-state index contributed by atoms with van der Waals surface area (Å²) >= 11 is 0. The molecule has 2 aromatic heterocycles. The van der Waals surface area contributed by atoms with Crippen molar-refractivity contribution < 1.29 is 4.79 Å². The van der Waals surface area contributed by atoms with Crippen LogP contribution in [0.2, 0.25) is 0 Å². The van der Waals surface area contributed by atoms with Gasteiger partial charge in [-0.2, -0.15) is 5.10 Å². The van der Waals surface area contributed by atoms with Crippen LogP contribution in [0, 0.1) is 13.8 Å². The Kier molecular flexibility index (Phi) is 4.87. The van der Waals surface area contributed by atoms with E-state index in [9.17, 15) is 4.79 Å². The van der Waals surface area contributed by atoms with Crippen molar-refractivity contribution in [2.75, 3.05) is 6.54 Å². The Bertz CT molecular complexity index is 1020. The quantitative estimate of drug-likeness (QED) is 0.746. The van der Waals surface area contributed by atoms with Crippen molar-refractivity contribution in [2.24, 2.45) is 7.05 Å². The Hall–Kier alpha value is -2.76. The SMILES string of the molecule is CCC(NC(=O)N1CCCn2c(cc3ccccc32)C1)c1c(C)nn(C)c1C. The lowest BCUT2D eigenvalue weighted by Gasteiger charge is -2.25. The molecule has 2 amide bonds. The number of para-hydroxylation sites is 1. The number of fused-ring (bicyclic) bond motifs is 3. The Balaban J connectivity index is 1.56. The highest BCUT2D eigenvalue weighted by atomic mass is 16.2. The van der Waals surface area contributed by atoms with Crippen LogP contribution in [0.3, 0.4) is 0 Å². The fraction of sp³-hybridized carbons (Fsp3) is 0.455. The number of aromatic nitrogens is 3. The standard InChI is InChI=1S/C22H29N5O/c1-5-19(21-15(2)24-25(4)16(21)3)23-22(28)26-11-8-12-27-18(14-26)13-17-9-6-7-10-20(17)27/h6-7,9-10,13,19H,5,8,11-12,14H2,1-4H3,(H,23,28). The van der Waals surface area contributed by atoms with Crippen molar-refractivity contribution in [2.45, 2.75) is 52.7 Å². The number of nitrogens with one attached hydrogen (secondary N) is 1. The van der Waals surface area contributed by atoms with E-state index in [1.807, 2.05) is 23.6 Å². The Labute approximate surface area is 166 Å². The molecule has 1 aliphatic rings. The second-order valence-electron chi connectivity index (χ2n) is 7.74. The summed E-state index contributed by atoms with van der Waals surface area (Å²) in [7, 11) is 1.95. The highest BCUT2D eigenvalue weighted by molar-refractivity contribution is 5.82. The van der Waals surface area contributed by atoms with Gasteiger partial charge >= 0.3 is 6.03 Å². The number of benzene rings is 1. The molecule has 4 rings (SSSR count). The molecule has 0 saturated heterocycles. The molecule has 1 atom stereocenters. The molecule has 0 fully saturated rings. The van der Waals surface area contributed by atoms with E-state index in [-0.39, 0.29) is 12.1 Å². The van der Waals surface area contributed by atoms with E-state index in [4.69, 9.17) is 0 Å². The molecule has 0 saturated carbocycles. The Morgan fingerprint density at radius 1 is 1.25 bits per heavy atom. The molecule has 0 aliphatic carbocycles. The minimum atomic E-state index is -0.0182. The summed E-state index contributed by atoms with van der Waals surface area (Å²) in [6.45, 7) is 8.54. The molecular weight excluding hydrogens is 350 g/mol. The van der Waals surface area contributed by atoms with Gasteiger partial charge in [-0.1, -0.05) is 25.1 Å². The number of urea groups is 1. The van der Waals surface area contributed by atoms with Crippen LogP contribution in [0.1, 0.15) is 48.5 Å². The monoisotopic (exact) mass is 379 g/mol.